The fourth-order valence-corrected chi connectivity index (χ4v) is 1.81. The predicted molar refractivity (Wildman–Crippen MR) is 87.9 cm³/mol. The molecule has 5 nitrogen and oxygen atoms in total. The number of amides is 1. The molecule has 1 atom stereocenters. The third kappa shape index (κ3) is 10.9. The third-order valence-electron chi connectivity index (χ3n) is 2.88. The van der Waals surface area contributed by atoms with Crippen molar-refractivity contribution in [2.45, 2.75) is 65.7 Å². The van der Waals surface area contributed by atoms with Gasteiger partial charge in [-0.25, -0.2) is 4.79 Å². The van der Waals surface area contributed by atoms with Crippen LogP contribution in [0.25, 0.3) is 0 Å². The average Bonchev–Trinajstić information content (AvgIpc) is 2.45. The Morgan fingerprint density at radius 1 is 1.17 bits per heavy atom. The zero-order chi connectivity index (χ0) is 18.8. The molecule has 0 aromatic carbocycles. The number of halogens is 2. The van der Waals surface area contributed by atoms with Crippen molar-refractivity contribution in [1.82, 2.24) is 5.32 Å². The van der Waals surface area contributed by atoms with Crippen LogP contribution >= 0.6 is 0 Å². The van der Waals surface area contributed by atoms with E-state index in [1.54, 1.807) is 20.8 Å². The SMILES string of the molecule is C/C=C\C(=C/C)CCC(=O)C(COC(F)F)NC(=O)OC(C)(C)C. The molecule has 0 fully saturated rings. The number of alkyl halides is 2. The Hall–Kier alpha value is -1.76. The number of alkyl carbamates (subject to hydrolysis) is 1. The van der Waals surface area contributed by atoms with E-state index in [1.165, 1.54) is 0 Å². The van der Waals surface area contributed by atoms with Crippen molar-refractivity contribution >= 4 is 11.9 Å². The van der Waals surface area contributed by atoms with Gasteiger partial charge in [0, 0.05) is 6.42 Å². The van der Waals surface area contributed by atoms with E-state index >= 15 is 0 Å². The summed E-state index contributed by atoms with van der Waals surface area (Å²) < 4.78 is 33.7. The lowest BCUT2D eigenvalue weighted by Gasteiger charge is -2.23. The molecule has 0 aliphatic carbocycles. The van der Waals surface area contributed by atoms with E-state index in [0.717, 1.165) is 5.57 Å². The number of hydrogen-bond donors (Lipinski definition) is 1. The molecule has 0 heterocycles. The van der Waals surface area contributed by atoms with Crippen LogP contribution in [-0.2, 0) is 14.3 Å². The van der Waals surface area contributed by atoms with Gasteiger partial charge in [0.25, 0.3) is 0 Å². The van der Waals surface area contributed by atoms with E-state index in [9.17, 15) is 18.4 Å². The second-order valence-electron chi connectivity index (χ2n) is 6.12. The number of Topliss-reactive ketones (excluding diaryl/α,β-unsaturated/α-hetero) is 1. The Balaban J connectivity index is 4.79. The van der Waals surface area contributed by atoms with Gasteiger partial charge in [0.15, 0.2) is 5.78 Å². The first-order valence-electron chi connectivity index (χ1n) is 7.79. The molecule has 24 heavy (non-hydrogen) atoms. The highest BCUT2D eigenvalue weighted by molar-refractivity contribution is 5.87. The molecule has 138 valence electrons. The summed E-state index contributed by atoms with van der Waals surface area (Å²) in [6.07, 6.45) is 5.26. The van der Waals surface area contributed by atoms with Gasteiger partial charge in [-0.05, 0) is 41.0 Å². The van der Waals surface area contributed by atoms with Crippen LogP contribution in [0.15, 0.2) is 23.8 Å². The summed E-state index contributed by atoms with van der Waals surface area (Å²) in [6.45, 7) is 5.06. The van der Waals surface area contributed by atoms with Crippen LogP contribution in [0.3, 0.4) is 0 Å². The average molecular weight is 347 g/mol. The highest BCUT2D eigenvalue weighted by Crippen LogP contribution is 2.11. The Kier molecular flexibility index (Phi) is 10.1. The van der Waals surface area contributed by atoms with Crippen molar-refractivity contribution in [2.24, 2.45) is 0 Å². The molecule has 1 amide bonds. The molecule has 0 saturated heterocycles. The number of carbonyl (C=O) groups is 2. The van der Waals surface area contributed by atoms with Crippen molar-refractivity contribution in [1.29, 1.82) is 0 Å². The Bertz CT molecular complexity index is 468. The number of carbonyl (C=O) groups excluding carboxylic acids is 2. The van der Waals surface area contributed by atoms with E-state index in [1.807, 2.05) is 32.1 Å². The summed E-state index contributed by atoms with van der Waals surface area (Å²) in [5, 5.41) is 2.30. The monoisotopic (exact) mass is 347 g/mol. The second kappa shape index (κ2) is 10.9. The molecule has 0 aliphatic heterocycles. The van der Waals surface area contributed by atoms with Gasteiger partial charge in [0.2, 0.25) is 0 Å². The molecule has 0 radical (unpaired) electrons. The highest BCUT2D eigenvalue weighted by Gasteiger charge is 2.25. The second-order valence-corrected chi connectivity index (χ2v) is 6.12. The number of nitrogens with one attached hydrogen (secondary N) is 1. The molecule has 0 bridgehead atoms. The number of ether oxygens (including phenoxy) is 2. The number of allylic oxidation sites excluding steroid dienone is 4. The Morgan fingerprint density at radius 3 is 2.25 bits per heavy atom. The van der Waals surface area contributed by atoms with Gasteiger partial charge in [-0.1, -0.05) is 23.8 Å². The van der Waals surface area contributed by atoms with Gasteiger partial charge >= 0.3 is 12.7 Å². The van der Waals surface area contributed by atoms with Crippen LogP contribution < -0.4 is 5.32 Å². The van der Waals surface area contributed by atoms with E-state index in [0.29, 0.717) is 6.42 Å². The van der Waals surface area contributed by atoms with Gasteiger partial charge in [0.1, 0.15) is 11.6 Å². The fourth-order valence-electron chi connectivity index (χ4n) is 1.81. The van der Waals surface area contributed by atoms with Crippen LogP contribution in [-0.4, -0.2) is 36.7 Å². The Morgan fingerprint density at radius 2 is 1.79 bits per heavy atom. The van der Waals surface area contributed by atoms with Gasteiger partial charge in [-0.2, -0.15) is 8.78 Å². The zero-order valence-electron chi connectivity index (χ0n) is 14.9. The van der Waals surface area contributed by atoms with Crippen LogP contribution in [0, 0.1) is 0 Å². The van der Waals surface area contributed by atoms with Gasteiger partial charge in [-0.3, -0.25) is 4.79 Å². The summed E-state index contributed by atoms with van der Waals surface area (Å²) in [7, 11) is 0. The first kappa shape index (κ1) is 22.2. The summed E-state index contributed by atoms with van der Waals surface area (Å²) in [5.74, 6) is -0.398. The van der Waals surface area contributed by atoms with E-state index in [-0.39, 0.29) is 6.42 Å². The molecule has 1 N–H and O–H groups in total. The lowest BCUT2D eigenvalue weighted by molar-refractivity contribution is -0.142. The van der Waals surface area contributed by atoms with Crippen molar-refractivity contribution in [2.75, 3.05) is 6.61 Å². The molecule has 1 unspecified atom stereocenters. The maximum atomic E-state index is 12.2. The topological polar surface area (TPSA) is 64.6 Å². The minimum atomic E-state index is -3.02. The molecule has 0 spiro atoms. The predicted octanol–water partition coefficient (Wildman–Crippen LogP) is 3.99. The maximum Gasteiger partial charge on any atom is 0.408 e. The maximum absolute atomic E-state index is 12.2. The normalized spacial score (nSPS) is 14.1. The summed E-state index contributed by atoms with van der Waals surface area (Å²) in [6, 6.07) is -1.18. The quantitative estimate of drug-likeness (QED) is 0.641. The molecular weight excluding hydrogens is 320 g/mol. The Labute approximate surface area is 142 Å². The minimum Gasteiger partial charge on any atom is -0.444 e. The largest absolute Gasteiger partial charge is 0.444 e. The van der Waals surface area contributed by atoms with Crippen LogP contribution in [0.5, 0.6) is 0 Å². The molecule has 0 aromatic rings. The summed E-state index contributed by atoms with van der Waals surface area (Å²) in [5.41, 5.74) is 0.183. The smallest absolute Gasteiger partial charge is 0.408 e. The first-order valence-corrected chi connectivity index (χ1v) is 7.79. The number of rotatable bonds is 9. The van der Waals surface area contributed by atoms with E-state index in [4.69, 9.17) is 4.74 Å². The zero-order valence-corrected chi connectivity index (χ0v) is 14.9. The molecule has 7 heteroatoms. The van der Waals surface area contributed by atoms with Gasteiger partial charge in [0.05, 0.1) is 6.61 Å². The van der Waals surface area contributed by atoms with Gasteiger partial charge < -0.3 is 14.8 Å². The lowest BCUT2D eigenvalue weighted by atomic mass is 10.0. The fraction of sp³-hybridized carbons (Fsp3) is 0.647. The van der Waals surface area contributed by atoms with Crippen molar-refractivity contribution in [3.63, 3.8) is 0 Å². The molecule has 0 rings (SSSR count). The van der Waals surface area contributed by atoms with Crippen molar-refractivity contribution in [3.05, 3.63) is 23.8 Å². The molecular formula is C17H27F2NO4. The van der Waals surface area contributed by atoms with Crippen LogP contribution in [0.4, 0.5) is 13.6 Å². The summed E-state index contributed by atoms with van der Waals surface area (Å²) >= 11 is 0. The number of ketones is 1. The van der Waals surface area contributed by atoms with E-state index < -0.39 is 36.7 Å². The third-order valence-corrected chi connectivity index (χ3v) is 2.88. The van der Waals surface area contributed by atoms with Crippen LogP contribution in [0.2, 0.25) is 0 Å². The molecule has 0 aromatic heterocycles. The highest BCUT2D eigenvalue weighted by atomic mass is 19.3. The lowest BCUT2D eigenvalue weighted by Crippen LogP contribution is -2.46. The standard InChI is InChI=1S/C17H27F2NO4/c1-6-8-12(7-2)9-10-14(21)13(11-23-15(18)19)20-16(22)24-17(3,4)5/h6-8,13,15H,9-11H2,1-5H3,(H,20,22)/b8-6-,12-7+. The van der Waals surface area contributed by atoms with Crippen molar-refractivity contribution < 1.29 is 27.8 Å². The van der Waals surface area contributed by atoms with E-state index in [2.05, 4.69) is 10.1 Å². The number of hydrogen-bond acceptors (Lipinski definition) is 4. The van der Waals surface area contributed by atoms with Crippen LogP contribution in [0.1, 0.15) is 47.5 Å². The minimum absolute atomic E-state index is 0.0943. The van der Waals surface area contributed by atoms with Crippen molar-refractivity contribution in [3.8, 4) is 0 Å². The van der Waals surface area contributed by atoms with Gasteiger partial charge in [-0.15, -0.1) is 0 Å². The summed E-state index contributed by atoms with van der Waals surface area (Å²) in [4.78, 5) is 24.0. The first-order chi connectivity index (χ1) is 11.1. The molecule has 0 aliphatic rings. The molecule has 0 saturated carbocycles.